The van der Waals surface area contributed by atoms with Gasteiger partial charge in [0.1, 0.15) is 12.2 Å². The Morgan fingerprint density at radius 3 is 2.68 bits per heavy atom. The highest BCUT2D eigenvalue weighted by Gasteiger charge is 2.24. The van der Waals surface area contributed by atoms with E-state index < -0.39 is 10.9 Å². The maximum Gasteiger partial charge on any atom is 0.323 e. The Labute approximate surface area is 115 Å². The fourth-order valence-corrected chi connectivity index (χ4v) is 1.89. The number of benzene rings is 1. The number of hydrogen-bond donors (Lipinski definition) is 1. The smallest absolute Gasteiger partial charge is 0.323 e. The minimum absolute atomic E-state index is 0.145. The van der Waals surface area contributed by atoms with Crippen LogP contribution in [0.2, 0.25) is 5.02 Å². The lowest BCUT2D eigenvalue weighted by Gasteiger charge is -2.28. The quantitative estimate of drug-likeness (QED) is 0.642. The lowest BCUT2D eigenvalue weighted by molar-refractivity contribution is -0.384. The number of anilines is 1. The van der Waals surface area contributed by atoms with Crippen molar-refractivity contribution >= 4 is 28.9 Å². The molecule has 0 saturated carbocycles. The summed E-state index contributed by atoms with van der Waals surface area (Å²) in [7, 11) is 0. The zero-order chi connectivity index (χ0) is 14.6. The predicted octanol–water partition coefficient (Wildman–Crippen LogP) is 2.94. The number of hydrogen-bond acceptors (Lipinski definition) is 4. The molecule has 0 radical (unpaired) electrons. The molecule has 1 rings (SSSR count). The number of nitrogens with zero attached hydrogens (tertiary/aromatic N) is 2. The van der Waals surface area contributed by atoms with Gasteiger partial charge in [-0.3, -0.25) is 14.9 Å². The van der Waals surface area contributed by atoms with Crippen molar-refractivity contribution in [3.63, 3.8) is 0 Å². The second-order valence-corrected chi connectivity index (χ2v) is 4.61. The molecule has 0 aliphatic heterocycles. The van der Waals surface area contributed by atoms with Crippen LogP contribution in [-0.4, -0.2) is 28.6 Å². The summed E-state index contributed by atoms with van der Waals surface area (Å²) >= 11 is 5.85. The van der Waals surface area contributed by atoms with Gasteiger partial charge in [-0.25, -0.2) is 0 Å². The van der Waals surface area contributed by atoms with Crippen LogP contribution in [0.1, 0.15) is 20.3 Å². The van der Waals surface area contributed by atoms with Crippen LogP contribution in [0, 0.1) is 10.1 Å². The van der Waals surface area contributed by atoms with Crippen molar-refractivity contribution in [1.29, 1.82) is 0 Å². The molecular weight excluding hydrogens is 272 g/mol. The summed E-state index contributed by atoms with van der Waals surface area (Å²) in [5.74, 6) is -1.05. The number of nitro groups is 1. The van der Waals surface area contributed by atoms with Crippen LogP contribution in [-0.2, 0) is 4.79 Å². The molecule has 1 aromatic rings. The van der Waals surface area contributed by atoms with E-state index in [2.05, 4.69) is 0 Å². The highest BCUT2D eigenvalue weighted by atomic mass is 35.5. The minimum Gasteiger partial charge on any atom is -0.480 e. The van der Waals surface area contributed by atoms with Crippen LogP contribution in [0.3, 0.4) is 0 Å². The standard InChI is InChI=1S/C12H15ClN2O4/c1-3-8(2)14(7-12(16)17)11-6-9(13)4-5-10(11)15(18)19/h4-6,8H,3,7H2,1-2H3,(H,16,17). The van der Waals surface area contributed by atoms with Crippen molar-refractivity contribution in [2.24, 2.45) is 0 Å². The van der Waals surface area contributed by atoms with Gasteiger partial charge in [-0.05, 0) is 25.5 Å². The van der Waals surface area contributed by atoms with Gasteiger partial charge in [0, 0.05) is 17.1 Å². The third-order valence-electron chi connectivity index (χ3n) is 2.87. The average Bonchev–Trinajstić information content (AvgIpc) is 2.34. The zero-order valence-electron chi connectivity index (χ0n) is 10.7. The van der Waals surface area contributed by atoms with Crippen LogP contribution in [0.25, 0.3) is 0 Å². The number of carboxylic acid groups (broad SMARTS) is 1. The Morgan fingerprint density at radius 2 is 2.21 bits per heavy atom. The maximum atomic E-state index is 11.0. The van der Waals surface area contributed by atoms with Gasteiger partial charge in [0.2, 0.25) is 0 Å². The van der Waals surface area contributed by atoms with E-state index in [-0.39, 0.29) is 24.0 Å². The first-order chi connectivity index (χ1) is 8.86. The van der Waals surface area contributed by atoms with Gasteiger partial charge in [-0.15, -0.1) is 0 Å². The third-order valence-corrected chi connectivity index (χ3v) is 3.11. The van der Waals surface area contributed by atoms with Crippen molar-refractivity contribution in [3.05, 3.63) is 33.3 Å². The first-order valence-electron chi connectivity index (χ1n) is 5.79. The number of aliphatic carboxylic acids is 1. The van der Waals surface area contributed by atoms with Gasteiger partial charge < -0.3 is 10.0 Å². The van der Waals surface area contributed by atoms with E-state index in [1.165, 1.54) is 23.1 Å². The fraction of sp³-hybridized carbons (Fsp3) is 0.417. The predicted molar refractivity (Wildman–Crippen MR) is 72.8 cm³/mol. The Hall–Kier alpha value is -1.82. The zero-order valence-corrected chi connectivity index (χ0v) is 11.4. The Kier molecular flexibility index (Phi) is 5.11. The third kappa shape index (κ3) is 3.82. The molecule has 7 heteroatoms. The van der Waals surface area contributed by atoms with Crippen molar-refractivity contribution in [2.75, 3.05) is 11.4 Å². The molecule has 1 N–H and O–H groups in total. The summed E-state index contributed by atoms with van der Waals surface area (Å²) in [5.41, 5.74) is 0.0835. The van der Waals surface area contributed by atoms with Crippen LogP contribution < -0.4 is 4.90 Å². The average molecular weight is 287 g/mol. The van der Waals surface area contributed by atoms with E-state index in [1.807, 2.05) is 13.8 Å². The van der Waals surface area contributed by atoms with Gasteiger partial charge in [0.15, 0.2) is 0 Å². The highest BCUT2D eigenvalue weighted by molar-refractivity contribution is 6.31. The van der Waals surface area contributed by atoms with Gasteiger partial charge in [0.25, 0.3) is 5.69 Å². The van der Waals surface area contributed by atoms with Crippen molar-refractivity contribution in [2.45, 2.75) is 26.3 Å². The molecule has 1 aromatic carbocycles. The molecule has 0 aliphatic rings. The molecular formula is C12H15ClN2O4. The number of halogens is 1. The summed E-state index contributed by atoms with van der Waals surface area (Å²) < 4.78 is 0. The topological polar surface area (TPSA) is 83.7 Å². The van der Waals surface area contributed by atoms with Gasteiger partial charge in [-0.1, -0.05) is 18.5 Å². The fourth-order valence-electron chi connectivity index (χ4n) is 1.73. The summed E-state index contributed by atoms with van der Waals surface area (Å²) in [6, 6.07) is 3.98. The monoisotopic (exact) mass is 286 g/mol. The van der Waals surface area contributed by atoms with E-state index in [0.717, 1.165) is 0 Å². The number of carbonyl (C=O) groups is 1. The van der Waals surface area contributed by atoms with E-state index in [0.29, 0.717) is 11.4 Å². The molecule has 1 atom stereocenters. The molecule has 6 nitrogen and oxygen atoms in total. The molecule has 0 fully saturated rings. The summed E-state index contributed by atoms with van der Waals surface area (Å²) in [4.78, 5) is 22.9. The minimum atomic E-state index is -1.05. The molecule has 0 heterocycles. The van der Waals surface area contributed by atoms with E-state index in [4.69, 9.17) is 16.7 Å². The molecule has 19 heavy (non-hydrogen) atoms. The highest BCUT2D eigenvalue weighted by Crippen LogP contribution is 2.32. The summed E-state index contributed by atoms with van der Waals surface area (Å²) in [6.45, 7) is 3.39. The lowest BCUT2D eigenvalue weighted by Crippen LogP contribution is -2.37. The molecule has 0 spiro atoms. The van der Waals surface area contributed by atoms with Crippen molar-refractivity contribution in [1.82, 2.24) is 0 Å². The molecule has 0 bridgehead atoms. The van der Waals surface area contributed by atoms with E-state index in [1.54, 1.807) is 0 Å². The summed E-state index contributed by atoms with van der Waals surface area (Å²) in [5, 5.41) is 20.3. The van der Waals surface area contributed by atoms with E-state index >= 15 is 0 Å². The van der Waals surface area contributed by atoms with Crippen LogP contribution in [0.5, 0.6) is 0 Å². The molecule has 0 aromatic heterocycles. The Bertz CT molecular complexity index is 493. The molecule has 0 saturated heterocycles. The molecule has 0 aliphatic carbocycles. The number of nitro benzene ring substituents is 1. The van der Waals surface area contributed by atoms with Crippen LogP contribution >= 0.6 is 11.6 Å². The van der Waals surface area contributed by atoms with Crippen molar-refractivity contribution in [3.8, 4) is 0 Å². The van der Waals surface area contributed by atoms with Gasteiger partial charge >= 0.3 is 5.97 Å². The van der Waals surface area contributed by atoms with Crippen molar-refractivity contribution < 1.29 is 14.8 Å². The first kappa shape index (κ1) is 15.2. The largest absolute Gasteiger partial charge is 0.480 e. The van der Waals surface area contributed by atoms with Crippen LogP contribution in [0.4, 0.5) is 11.4 Å². The SMILES string of the molecule is CCC(C)N(CC(=O)O)c1cc(Cl)ccc1[N+](=O)[O-]. The normalized spacial score (nSPS) is 11.9. The second-order valence-electron chi connectivity index (χ2n) is 4.17. The van der Waals surface area contributed by atoms with Crippen LogP contribution in [0.15, 0.2) is 18.2 Å². The van der Waals surface area contributed by atoms with E-state index in [9.17, 15) is 14.9 Å². The number of carboxylic acids is 1. The second kappa shape index (κ2) is 6.38. The van der Waals surface area contributed by atoms with Gasteiger partial charge in [0.05, 0.1) is 4.92 Å². The summed E-state index contributed by atoms with van der Waals surface area (Å²) in [6.07, 6.45) is 0.664. The lowest BCUT2D eigenvalue weighted by atomic mass is 10.1. The Balaban J connectivity index is 3.30. The Morgan fingerprint density at radius 1 is 1.58 bits per heavy atom. The maximum absolute atomic E-state index is 11.0. The molecule has 104 valence electrons. The number of rotatable bonds is 6. The van der Waals surface area contributed by atoms with Gasteiger partial charge in [-0.2, -0.15) is 0 Å². The molecule has 1 unspecified atom stereocenters. The first-order valence-corrected chi connectivity index (χ1v) is 6.17. The molecule has 0 amide bonds.